The first-order valence-corrected chi connectivity index (χ1v) is 10.7. The molecule has 0 unspecified atom stereocenters. The van der Waals surface area contributed by atoms with Crippen molar-refractivity contribution in [1.82, 2.24) is 0 Å². The van der Waals surface area contributed by atoms with E-state index in [4.69, 9.17) is 30.3 Å². The summed E-state index contributed by atoms with van der Waals surface area (Å²) in [6.07, 6.45) is 6.66. The third-order valence-electron chi connectivity index (χ3n) is 2.79. The normalized spacial score (nSPS) is 8.59. The molecule has 192 valence electrons. The molecule has 0 rings (SSSR count). The first-order valence-electron chi connectivity index (χ1n) is 10.7. The molecular weight excluding hydrogens is 424 g/mol. The highest BCUT2D eigenvalue weighted by molar-refractivity contribution is 5.67. The molecule has 0 aliphatic heterocycles. The average Bonchev–Trinajstić information content (AvgIpc) is 2.59. The SMILES string of the molecule is CC(=O)O.CC(C)CC(=O)O.CCCC(=O)O.CCCCC(=O)O.CCCCCC(=O)O. The van der Waals surface area contributed by atoms with Crippen LogP contribution in [-0.2, 0) is 24.0 Å². The Morgan fingerprint density at radius 3 is 1.03 bits per heavy atom. The lowest BCUT2D eigenvalue weighted by Crippen LogP contribution is -1.99. The van der Waals surface area contributed by atoms with Gasteiger partial charge in [0, 0.05) is 32.6 Å². The van der Waals surface area contributed by atoms with Gasteiger partial charge in [-0.25, -0.2) is 0 Å². The van der Waals surface area contributed by atoms with Crippen LogP contribution in [0.1, 0.15) is 106 Å². The van der Waals surface area contributed by atoms with Gasteiger partial charge in [0.2, 0.25) is 0 Å². The van der Waals surface area contributed by atoms with E-state index in [1.165, 1.54) is 0 Å². The third-order valence-corrected chi connectivity index (χ3v) is 2.79. The number of carboxylic acid groups (broad SMARTS) is 5. The van der Waals surface area contributed by atoms with Gasteiger partial charge >= 0.3 is 23.9 Å². The van der Waals surface area contributed by atoms with Crippen LogP contribution in [0.4, 0.5) is 0 Å². The van der Waals surface area contributed by atoms with Crippen LogP contribution in [0.2, 0.25) is 0 Å². The van der Waals surface area contributed by atoms with Crippen molar-refractivity contribution in [2.24, 2.45) is 5.92 Å². The Balaban J connectivity index is -0.0000000964. The second kappa shape index (κ2) is 33.0. The Hall–Kier alpha value is -2.65. The molecule has 0 atom stereocenters. The van der Waals surface area contributed by atoms with Crippen molar-refractivity contribution < 1.29 is 49.5 Å². The molecule has 0 saturated heterocycles. The van der Waals surface area contributed by atoms with E-state index < -0.39 is 29.8 Å². The summed E-state index contributed by atoms with van der Waals surface area (Å²) in [5.41, 5.74) is 0. The summed E-state index contributed by atoms with van der Waals surface area (Å²) >= 11 is 0. The lowest BCUT2D eigenvalue weighted by molar-refractivity contribution is -0.138. The van der Waals surface area contributed by atoms with Gasteiger partial charge in [-0.2, -0.15) is 0 Å². The Kier molecular flexibility index (Phi) is 41.0. The summed E-state index contributed by atoms with van der Waals surface area (Å²) in [4.78, 5) is 48.0. The van der Waals surface area contributed by atoms with E-state index in [1.807, 2.05) is 27.7 Å². The Morgan fingerprint density at radius 1 is 0.562 bits per heavy atom. The Bertz CT molecular complexity index is 469. The number of unbranched alkanes of at least 4 members (excludes halogenated alkanes) is 3. The summed E-state index contributed by atoms with van der Waals surface area (Å²) in [6, 6.07) is 0. The first-order chi connectivity index (χ1) is 14.7. The van der Waals surface area contributed by atoms with Gasteiger partial charge < -0.3 is 25.5 Å². The molecule has 32 heavy (non-hydrogen) atoms. The maximum atomic E-state index is 9.87. The summed E-state index contributed by atoms with van der Waals surface area (Å²) < 4.78 is 0. The van der Waals surface area contributed by atoms with E-state index in [9.17, 15) is 19.2 Å². The van der Waals surface area contributed by atoms with E-state index in [0.29, 0.717) is 19.3 Å². The molecule has 5 N–H and O–H groups in total. The molecule has 0 saturated carbocycles. The fourth-order valence-electron chi connectivity index (χ4n) is 1.42. The molecule has 0 heterocycles. The van der Waals surface area contributed by atoms with E-state index in [2.05, 4.69) is 6.92 Å². The topological polar surface area (TPSA) is 186 Å². The Labute approximate surface area is 191 Å². The average molecular weight is 469 g/mol. The molecule has 10 nitrogen and oxygen atoms in total. The van der Waals surface area contributed by atoms with Gasteiger partial charge in [-0.05, 0) is 25.2 Å². The van der Waals surface area contributed by atoms with Crippen molar-refractivity contribution >= 4 is 29.8 Å². The molecule has 0 aromatic rings. The predicted molar refractivity (Wildman–Crippen MR) is 122 cm³/mol. The zero-order valence-electron chi connectivity index (χ0n) is 20.4. The van der Waals surface area contributed by atoms with Crippen LogP contribution in [0.3, 0.4) is 0 Å². The van der Waals surface area contributed by atoms with Gasteiger partial charge in [-0.15, -0.1) is 0 Å². The molecule has 0 bridgehead atoms. The number of carboxylic acids is 5. The van der Waals surface area contributed by atoms with Crippen molar-refractivity contribution in [3.63, 3.8) is 0 Å². The van der Waals surface area contributed by atoms with Crippen LogP contribution in [0.25, 0.3) is 0 Å². The predicted octanol–water partition coefficient (Wildman–Crippen LogP) is 4.99. The van der Waals surface area contributed by atoms with Crippen LogP contribution in [0.5, 0.6) is 0 Å². The monoisotopic (exact) mass is 468 g/mol. The maximum Gasteiger partial charge on any atom is 0.303 e. The molecule has 0 aliphatic carbocycles. The van der Waals surface area contributed by atoms with Gasteiger partial charge in [0.05, 0.1) is 0 Å². The quantitative estimate of drug-likeness (QED) is 0.258. The number of hydrogen-bond acceptors (Lipinski definition) is 5. The van der Waals surface area contributed by atoms with E-state index in [-0.39, 0.29) is 12.3 Å². The van der Waals surface area contributed by atoms with Crippen molar-refractivity contribution in [3.8, 4) is 0 Å². The standard InChI is InChI=1S/C6H12O2.2C5H10O2.C4H8O2.C2H4O2/c1-2-3-4-5-6(7)8;1-4(2)3-5(6)7;1-2-3-4-5(6)7;1-2-3-4(5)6;1-2(3)4/h2-5H2,1H3,(H,7,8);4H,3H2,1-2H3,(H,6,7);2-4H2,1H3,(H,6,7);2-3H2,1H3,(H,5,6);1H3,(H,3,4). The van der Waals surface area contributed by atoms with Gasteiger partial charge in [-0.3, -0.25) is 24.0 Å². The van der Waals surface area contributed by atoms with Crippen LogP contribution < -0.4 is 0 Å². The second-order valence-corrected chi connectivity index (χ2v) is 7.00. The number of rotatable bonds is 11. The lowest BCUT2D eigenvalue weighted by atomic mass is 10.1. The number of hydrogen-bond donors (Lipinski definition) is 5. The minimum absolute atomic E-state index is 0.275. The summed E-state index contributed by atoms with van der Waals surface area (Å²) in [7, 11) is 0. The third kappa shape index (κ3) is 107. The number of carbonyl (C=O) groups is 5. The molecule has 0 radical (unpaired) electrons. The highest BCUT2D eigenvalue weighted by Gasteiger charge is 1.98. The Morgan fingerprint density at radius 2 is 0.906 bits per heavy atom. The van der Waals surface area contributed by atoms with Crippen molar-refractivity contribution in [1.29, 1.82) is 0 Å². The highest BCUT2D eigenvalue weighted by atomic mass is 16.4. The van der Waals surface area contributed by atoms with Crippen molar-refractivity contribution in [3.05, 3.63) is 0 Å². The summed E-state index contributed by atoms with van der Waals surface area (Å²) in [6.45, 7) is 10.7. The molecule has 0 fully saturated rings. The molecule has 0 aliphatic rings. The molecule has 0 amide bonds. The van der Waals surface area contributed by atoms with Crippen LogP contribution in [-0.4, -0.2) is 55.4 Å². The lowest BCUT2D eigenvalue weighted by Gasteiger charge is -1.94. The smallest absolute Gasteiger partial charge is 0.303 e. The van der Waals surface area contributed by atoms with Gasteiger partial charge in [0.25, 0.3) is 5.97 Å². The molecular formula is C22H44O10. The van der Waals surface area contributed by atoms with Crippen molar-refractivity contribution in [2.45, 2.75) is 106 Å². The van der Waals surface area contributed by atoms with E-state index in [1.54, 1.807) is 0 Å². The fraction of sp³-hybridized carbons (Fsp3) is 0.773. The van der Waals surface area contributed by atoms with Gasteiger partial charge in [0.15, 0.2) is 0 Å². The summed E-state index contributed by atoms with van der Waals surface area (Å²) in [5, 5.41) is 39.6. The molecule has 10 heteroatoms. The van der Waals surface area contributed by atoms with Crippen LogP contribution >= 0.6 is 0 Å². The highest BCUT2D eigenvalue weighted by Crippen LogP contribution is 1.97. The fourth-order valence-corrected chi connectivity index (χ4v) is 1.42. The van der Waals surface area contributed by atoms with Crippen LogP contribution in [0.15, 0.2) is 0 Å². The van der Waals surface area contributed by atoms with E-state index >= 15 is 0 Å². The molecule has 0 aromatic carbocycles. The van der Waals surface area contributed by atoms with Crippen LogP contribution in [0, 0.1) is 5.92 Å². The maximum absolute atomic E-state index is 9.87. The largest absolute Gasteiger partial charge is 0.481 e. The second-order valence-electron chi connectivity index (χ2n) is 7.00. The number of aliphatic carboxylic acids is 5. The summed E-state index contributed by atoms with van der Waals surface area (Å²) in [5.74, 6) is -3.36. The van der Waals surface area contributed by atoms with E-state index in [0.717, 1.165) is 45.4 Å². The zero-order valence-corrected chi connectivity index (χ0v) is 20.4. The first kappa shape index (κ1) is 39.8. The molecule has 0 spiro atoms. The minimum Gasteiger partial charge on any atom is -0.481 e. The molecule has 0 aromatic heterocycles. The van der Waals surface area contributed by atoms with Crippen molar-refractivity contribution in [2.75, 3.05) is 0 Å². The van der Waals surface area contributed by atoms with Gasteiger partial charge in [0.1, 0.15) is 0 Å². The zero-order chi connectivity index (χ0) is 26.5. The minimum atomic E-state index is -0.833. The van der Waals surface area contributed by atoms with Gasteiger partial charge in [-0.1, -0.05) is 53.9 Å².